The normalized spacial score (nSPS) is 13.0. The average Bonchev–Trinajstić information content (AvgIpc) is 2.52. The molecule has 0 amide bonds. The van der Waals surface area contributed by atoms with Crippen LogP contribution in [0.5, 0.6) is 0 Å². The summed E-state index contributed by atoms with van der Waals surface area (Å²) >= 11 is 4.89. The van der Waals surface area contributed by atoms with Gasteiger partial charge in [-0.25, -0.2) is 4.68 Å². The summed E-state index contributed by atoms with van der Waals surface area (Å²) in [6, 6.07) is 0. The van der Waals surface area contributed by atoms with Gasteiger partial charge < -0.3 is 9.47 Å². The van der Waals surface area contributed by atoms with E-state index in [1.54, 1.807) is 4.68 Å². The Morgan fingerprint density at radius 2 is 2.36 bits per heavy atom. The highest BCUT2D eigenvalue weighted by molar-refractivity contribution is 7.71. The Hall–Kier alpha value is -0.790. The molecule has 0 aromatic carbocycles. The van der Waals surface area contributed by atoms with Crippen LogP contribution in [0.4, 0.5) is 0 Å². The molecule has 0 fully saturated rings. The Bertz CT molecular complexity index is 311. The Kier molecular flexibility index (Phi) is 4.71. The highest BCUT2D eigenvalue weighted by Gasteiger charge is 2.00. The van der Waals surface area contributed by atoms with Crippen LogP contribution in [0.15, 0.2) is 0 Å². The van der Waals surface area contributed by atoms with Crippen molar-refractivity contribution in [2.24, 2.45) is 0 Å². The molecular formula is C7H14N4O2S. The number of nitrogens with one attached hydrogen (secondary N) is 1. The van der Waals surface area contributed by atoms with Gasteiger partial charge in [-0.1, -0.05) is 10.3 Å². The van der Waals surface area contributed by atoms with Crippen molar-refractivity contribution in [3.05, 3.63) is 4.77 Å². The van der Waals surface area contributed by atoms with Crippen molar-refractivity contribution in [3.8, 4) is 0 Å². The van der Waals surface area contributed by atoms with E-state index in [4.69, 9.17) is 21.7 Å². The second-order valence-electron chi connectivity index (χ2n) is 2.63. The summed E-state index contributed by atoms with van der Waals surface area (Å²) in [5.41, 5.74) is 0. The highest BCUT2D eigenvalue weighted by atomic mass is 32.1. The molecule has 1 aromatic rings. The summed E-state index contributed by atoms with van der Waals surface area (Å²) in [5.74, 6) is 0. The van der Waals surface area contributed by atoms with Crippen LogP contribution in [0.3, 0.4) is 0 Å². The summed E-state index contributed by atoms with van der Waals surface area (Å²) in [6.45, 7) is 5.54. The van der Waals surface area contributed by atoms with Gasteiger partial charge in [0.2, 0.25) is 4.77 Å². The molecule has 1 unspecified atom stereocenters. The van der Waals surface area contributed by atoms with Gasteiger partial charge in [0.1, 0.15) is 0 Å². The maximum Gasteiger partial charge on any atom is 0.238 e. The quantitative estimate of drug-likeness (QED) is 0.563. The zero-order valence-corrected chi connectivity index (χ0v) is 9.08. The fraction of sp³-hybridized carbons (Fsp3) is 0.857. The van der Waals surface area contributed by atoms with Crippen LogP contribution >= 0.6 is 12.2 Å². The first-order valence-corrected chi connectivity index (χ1v) is 4.86. The van der Waals surface area contributed by atoms with Crippen LogP contribution in [0, 0.1) is 4.77 Å². The molecule has 1 aromatic heterocycles. The minimum Gasteiger partial charge on any atom is -0.353 e. The summed E-state index contributed by atoms with van der Waals surface area (Å²) in [5, 5.41) is 9.83. The van der Waals surface area contributed by atoms with Gasteiger partial charge in [0.15, 0.2) is 6.29 Å². The Balaban J connectivity index is 2.22. The van der Waals surface area contributed by atoms with Gasteiger partial charge in [0, 0.05) is 6.61 Å². The summed E-state index contributed by atoms with van der Waals surface area (Å²) < 4.78 is 12.6. The van der Waals surface area contributed by atoms with Crippen LogP contribution < -0.4 is 0 Å². The van der Waals surface area contributed by atoms with Crippen LogP contribution in [0.25, 0.3) is 0 Å². The first kappa shape index (κ1) is 11.3. The molecule has 0 aliphatic rings. The summed E-state index contributed by atoms with van der Waals surface area (Å²) in [6.07, 6.45) is -0.190. The zero-order chi connectivity index (χ0) is 10.4. The number of hydrogen-bond acceptors (Lipinski definition) is 5. The van der Waals surface area contributed by atoms with E-state index in [0.29, 0.717) is 24.5 Å². The SMILES string of the molecule is CCOC(C)OCCn1[nH]nnc1=S. The van der Waals surface area contributed by atoms with Crippen molar-refractivity contribution in [2.45, 2.75) is 26.7 Å². The second-order valence-corrected chi connectivity index (χ2v) is 2.99. The first-order chi connectivity index (χ1) is 6.74. The maximum atomic E-state index is 5.35. The fourth-order valence-corrected chi connectivity index (χ4v) is 1.13. The molecule has 7 heteroatoms. The van der Waals surface area contributed by atoms with Crippen molar-refractivity contribution in [2.75, 3.05) is 13.2 Å². The highest BCUT2D eigenvalue weighted by Crippen LogP contribution is 1.93. The van der Waals surface area contributed by atoms with E-state index in [0.717, 1.165) is 0 Å². The van der Waals surface area contributed by atoms with Crippen LogP contribution in [-0.4, -0.2) is 39.7 Å². The van der Waals surface area contributed by atoms with Crippen molar-refractivity contribution in [1.82, 2.24) is 20.2 Å². The van der Waals surface area contributed by atoms with E-state index in [-0.39, 0.29) is 6.29 Å². The van der Waals surface area contributed by atoms with E-state index >= 15 is 0 Å². The number of aromatic amines is 1. The Morgan fingerprint density at radius 3 is 2.93 bits per heavy atom. The van der Waals surface area contributed by atoms with Crippen LogP contribution in [-0.2, 0) is 16.0 Å². The number of rotatable bonds is 6. The maximum absolute atomic E-state index is 5.35. The monoisotopic (exact) mass is 218 g/mol. The third kappa shape index (κ3) is 3.52. The van der Waals surface area contributed by atoms with Gasteiger partial charge >= 0.3 is 0 Å². The van der Waals surface area contributed by atoms with E-state index in [2.05, 4.69) is 15.5 Å². The second kappa shape index (κ2) is 5.84. The van der Waals surface area contributed by atoms with Crippen LogP contribution in [0.2, 0.25) is 0 Å². The third-order valence-corrected chi connectivity index (χ3v) is 1.90. The molecule has 6 nitrogen and oxygen atoms in total. The molecule has 80 valence electrons. The molecule has 0 radical (unpaired) electrons. The third-order valence-electron chi connectivity index (χ3n) is 1.60. The molecule has 0 aliphatic carbocycles. The zero-order valence-electron chi connectivity index (χ0n) is 8.27. The number of aromatic nitrogens is 4. The van der Waals surface area contributed by atoms with Crippen molar-refractivity contribution in [3.63, 3.8) is 0 Å². The smallest absolute Gasteiger partial charge is 0.238 e. The molecule has 1 N–H and O–H groups in total. The molecule has 1 rings (SSSR count). The molecule has 1 atom stereocenters. The lowest BCUT2D eigenvalue weighted by atomic mass is 10.6. The minimum absolute atomic E-state index is 0.190. The van der Waals surface area contributed by atoms with Gasteiger partial charge in [0.25, 0.3) is 0 Å². The summed E-state index contributed by atoms with van der Waals surface area (Å²) in [7, 11) is 0. The Labute approximate surface area is 87.2 Å². The van der Waals surface area contributed by atoms with E-state index in [1.165, 1.54) is 0 Å². The molecule has 0 spiro atoms. The molecule has 0 saturated heterocycles. The molecule has 0 bridgehead atoms. The lowest BCUT2D eigenvalue weighted by Gasteiger charge is -2.12. The standard InChI is InChI=1S/C7H14N4O2S/c1-3-12-6(2)13-5-4-11-7(14)8-9-10-11/h6H,3-5H2,1-2H3,(H,8,10,14). The Morgan fingerprint density at radius 1 is 1.57 bits per heavy atom. The first-order valence-electron chi connectivity index (χ1n) is 4.45. The fourth-order valence-electron chi connectivity index (χ4n) is 0.954. The van der Waals surface area contributed by atoms with E-state index < -0.39 is 0 Å². The average molecular weight is 218 g/mol. The molecule has 1 heterocycles. The van der Waals surface area contributed by atoms with Crippen LogP contribution in [0.1, 0.15) is 13.8 Å². The number of hydrogen-bond donors (Lipinski definition) is 1. The van der Waals surface area contributed by atoms with Crippen molar-refractivity contribution >= 4 is 12.2 Å². The molecule has 14 heavy (non-hydrogen) atoms. The number of ether oxygens (including phenoxy) is 2. The van der Waals surface area contributed by atoms with Gasteiger partial charge in [0.05, 0.1) is 13.2 Å². The topological polar surface area (TPSA) is 65.0 Å². The number of nitrogens with zero attached hydrogens (tertiary/aromatic N) is 3. The number of tetrazole rings is 1. The molecule has 0 saturated carbocycles. The van der Waals surface area contributed by atoms with Gasteiger partial charge in [-0.3, -0.25) is 0 Å². The largest absolute Gasteiger partial charge is 0.353 e. The lowest BCUT2D eigenvalue weighted by molar-refractivity contribution is -0.129. The van der Waals surface area contributed by atoms with Gasteiger partial charge in [-0.05, 0) is 26.1 Å². The van der Waals surface area contributed by atoms with Crippen molar-refractivity contribution < 1.29 is 9.47 Å². The predicted molar refractivity (Wildman–Crippen MR) is 52.2 cm³/mol. The molecule has 0 aliphatic heterocycles. The molecular weight excluding hydrogens is 204 g/mol. The number of H-pyrrole nitrogens is 1. The van der Waals surface area contributed by atoms with E-state index in [1.807, 2.05) is 13.8 Å². The van der Waals surface area contributed by atoms with Gasteiger partial charge in [-0.15, -0.1) is 0 Å². The van der Waals surface area contributed by atoms with Gasteiger partial charge in [-0.2, -0.15) is 5.21 Å². The summed E-state index contributed by atoms with van der Waals surface area (Å²) in [4.78, 5) is 0. The van der Waals surface area contributed by atoms with Crippen molar-refractivity contribution in [1.29, 1.82) is 0 Å². The predicted octanol–water partition coefficient (Wildman–Crippen LogP) is 0.735. The lowest BCUT2D eigenvalue weighted by Crippen LogP contribution is -2.17. The minimum atomic E-state index is -0.190. The van der Waals surface area contributed by atoms with E-state index in [9.17, 15) is 0 Å².